The van der Waals surface area contributed by atoms with E-state index in [1.165, 1.54) is 6.42 Å². The average molecular weight is 297 g/mol. The Morgan fingerprint density at radius 1 is 1.05 bits per heavy atom. The van der Waals surface area contributed by atoms with Crippen LogP contribution in [0, 0.1) is 0 Å². The Morgan fingerprint density at radius 2 is 1.71 bits per heavy atom. The number of rotatable bonds is 11. The molecule has 0 radical (unpaired) electrons. The molecule has 0 spiro atoms. The quantitative estimate of drug-likeness (QED) is 0.636. The molecule has 0 aromatic rings. The van der Waals surface area contributed by atoms with Gasteiger partial charge in [-0.2, -0.15) is 0 Å². The largest absolute Gasteiger partial charge is 0.342 e. The second kappa shape index (κ2) is 11.0. The number of hydrogen-bond acceptors (Lipinski definition) is 3. The fourth-order valence-electron chi connectivity index (χ4n) is 2.96. The van der Waals surface area contributed by atoms with Crippen LogP contribution in [-0.2, 0) is 4.79 Å². The summed E-state index contributed by atoms with van der Waals surface area (Å²) >= 11 is 0. The molecule has 1 aliphatic heterocycles. The molecule has 0 aliphatic carbocycles. The molecule has 4 heteroatoms. The summed E-state index contributed by atoms with van der Waals surface area (Å²) in [5.41, 5.74) is 0. The first kappa shape index (κ1) is 18.4. The van der Waals surface area contributed by atoms with Crippen LogP contribution in [0.25, 0.3) is 0 Å². The summed E-state index contributed by atoms with van der Waals surface area (Å²) in [7, 11) is 0. The molecule has 1 rings (SSSR count). The molecule has 1 saturated heterocycles. The number of nitrogens with zero attached hydrogens (tertiary/aromatic N) is 2. The Labute approximate surface area is 131 Å². The molecule has 1 amide bonds. The predicted octanol–water partition coefficient (Wildman–Crippen LogP) is 2.49. The third-order valence-corrected chi connectivity index (χ3v) is 4.32. The van der Waals surface area contributed by atoms with Gasteiger partial charge < -0.3 is 10.2 Å². The normalized spacial score (nSPS) is 18.4. The van der Waals surface area contributed by atoms with E-state index in [2.05, 4.69) is 35.9 Å². The Bertz CT molecular complexity index is 269. The highest BCUT2D eigenvalue weighted by Crippen LogP contribution is 2.10. The summed E-state index contributed by atoms with van der Waals surface area (Å²) in [5, 5.41) is 3.42. The molecule has 124 valence electrons. The number of unbranched alkanes of at least 4 members (excludes halogenated alkanes) is 2. The average Bonchev–Trinajstić information content (AvgIpc) is 3.01. The van der Waals surface area contributed by atoms with Crippen LogP contribution in [0.3, 0.4) is 0 Å². The Balaban J connectivity index is 2.53. The van der Waals surface area contributed by atoms with Crippen LogP contribution in [0.1, 0.15) is 59.3 Å². The molecule has 1 N–H and O–H groups in total. The number of nitrogens with one attached hydrogen (secondary N) is 1. The molecular weight excluding hydrogens is 262 g/mol. The third kappa shape index (κ3) is 6.79. The van der Waals surface area contributed by atoms with Crippen molar-refractivity contribution in [3.8, 4) is 0 Å². The number of amides is 1. The minimum absolute atomic E-state index is 0.331. The molecule has 0 aromatic carbocycles. The smallest absolute Gasteiger partial charge is 0.236 e. The van der Waals surface area contributed by atoms with Gasteiger partial charge in [0.15, 0.2) is 0 Å². The predicted molar refractivity (Wildman–Crippen MR) is 89.5 cm³/mol. The van der Waals surface area contributed by atoms with Crippen LogP contribution >= 0.6 is 0 Å². The van der Waals surface area contributed by atoms with Crippen LogP contribution in [0.15, 0.2) is 0 Å². The first-order valence-corrected chi connectivity index (χ1v) is 8.95. The lowest BCUT2D eigenvalue weighted by Crippen LogP contribution is -2.46. The molecule has 0 saturated carbocycles. The van der Waals surface area contributed by atoms with Crippen molar-refractivity contribution >= 4 is 5.91 Å². The number of carbonyl (C=O) groups is 1. The SMILES string of the molecule is CCCCN(CCCC)C(=O)CN(CCC)C1CCNC1. The maximum atomic E-state index is 12.7. The van der Waals surface area contributed by atoms with Crippen molar-refractivity contribution in [3.63, 3.8) is 0 Å². The van der Waals surface area contributed by atoms with Gasteiger partial charge >= 0.3 is 0 Å². The molecule has 1 aliphatic rings. The van der Waals surface area contributed by atoms with E-state index in [4.69, 9.17) is 0 Å². The van der Waals surface area contributed by atoms with Gasteiger partial charge in [-0.1, -0.05) is 33.6 Å². The monoisotopic (exact) mass is 297 g/mol. The second-order valence-electron chi connectivity index (χ2n) is 6.20. The van der Waals surface area contributed by atoms with Crippen molar-refractivity contribution in [2.24, 2.45) is 0 Å². The van der Waals surface area contributed by atoms with E-state index < -0.39 is 0 Å². The Hall–Kier alpha value is -0.610. The first-order valence-electron chi connectivity index (χ1n) is 8.95. The van der Waals surface area contributed by atoms with Gasteiger partial charge in [-0.05, 0) is 38.8 Å². The van der Waals surface area contributed by atoms with Crippen molar-refractivity contribution in [1.82, 2.24) is 15.1 Å². The molecule has 1 unspecified atom stereocenters. The topological polar surface area (TPSA) is 35.6 Å². The summed E-state index contributed by atoms with van der Waals surface area (Å²) < 4.78 is 0. The van der Waals surface area contributed by atoms with Gasteiger partial charge in [-0.25, -0.2) is 0 Å². The molecular formula is C17H35N3O. The minimum Gasteiger partial charge on any atom is -0.342 e. The van der Waals surface area contributed by atoms with Crippen LogP contribution in [0.5, 0.6) is 0 Å². The van der Waals surface area contributed by atoms with Gasteiger partial charge in [0, 0.05) is 25.7 Å². The van der Waals surface area contributed by atoms with Gasteiger partial charge in [0.2, 0.25) is 5.91 Å². The standard InChI is InChI=1S/C17H35N3O/c1-4-7-12-19(13-8-5-2)17(21)15-20(11-6-3)16-9-10-18-14-16/h16,18H,4-15H2,1-3H3. The van der Waals surface area contributed by atoms with Crippen molar-refractivity contribution in [2.45, 2.75) is 65.3 Å². The lowest BCUT2D eigenvalue weighted by molar-refractivity contribution is -0.133. The van der Waals surface area contributed by atoms with Crippen LogP contribution in [-0.4, -0.2) is 61.0 Å². The molecule has 0 bridgehead atoms. The zero-order valence-electron chi connectivity index (χ0n) is 14.4. The molecule has 21 heavy (non-hydrogen) atoms. The van der Waals surface area contributed by atoms with Gasteiger partial charge in [0.1, 0.15) is 0 Å². The van der Waals surface area contributed by atoms with Gasteiger partial charge in [-0.15, -0.1) is 0 Å². The van der Waals surface area contributed by atoms with E-state index in [0.717, 1.165) is 64.8 Å². The molecule has 1 atom stereocenters. The molecule has 1 fully saturated rings. The second-order valence-corrected chi connectivity index (χ2v) is 6.20. The summed E-state index contributed by atoms with van der Waals surface area (Å²) in [6.45, 7) is 12.2. The lowest BCUT2D eigenvalue weighted by Gasteiger charge is -2.30. The maximum Gasteiger partial charge on any atom is 0.236 e. The van der Waals surface area contributed by atoms with E-state index in [-0.39, 0.29) is 0 Å². The van der Waals surface area contributed by atoms with E-state index in [1.807, 2.05) is 0 Å². The zero-order valence-corrected chi connectivity index (χ0v) is 14.4. The first-order chi connectivity index (χ1) is 10.2. The van der Waals surface area contributed by atoms with E-state index in [0.29, 0.717) is 18.5 Å². The van der Waals surface area contributed by atoms with Gasteiger partial charge in [0.25, 0.3) is 0 Å². The van der Waals surface area contributed by atoms with Crippen LogP contribution in [0.2, 0.25) is 0 Å². The highest BCUT2D eigenvalue weighted by molar-refractivity contribution is 5.78. The van der Waals surface area contributed by atoms with Crippen molar-refractivity contribution in [1.29, 1.82) is 0 Å². The highest BCUT2D eigenvalue weighted by atomic mass is 16.2. The Morgan fingerprint density at radius 3 is 2.19 bits per heavy atom. The van der Waals surface area contributed by atoms with Crippen LogP contribution < -0.4 is 5.32 Å². The van der Waals surface area contributed by atoms with Crippen LogP contribution in [0.4, 0.5) is 0 Å². The van der Waals surface area contributed by atoms with E-state index >= 15 is 0 Å². The summed E-state index contributed by atoms with van der Waals surface area (Å²) in [6, 6.07) is 0.549. The number of hydrogen-bond donors (Lipinski definition) is 1. The fourth-order valence-corrected chi connectivity index (χ4v) is 2.96. The van der Waals surface area contributed by atoms with E-state index in [9.17, 15) is 4.79 Å². The number of carbonyl (C=O) groups excluding carboxylic acids is 1. The molecule has 4 nitrogen and oxygen atoms in total. The van der Waals surface area contributed by atoms with Gasteiger partial charge in [0.05, 0.1) is 6.54 Å². The minimum atomic E-state index is 0.331. The van der Waals surface area contributed by atoms with Gasteiger partial charge in [-0.3, -0.25) is 9.69 Å². The van der Waals surface area contributed by atoms with Crippen molar-refractivity contribution in [3.05, 3.63) is 0 Å². The zero-order chi connectivity index (χ0) is 15.5. The molecule has 1 heterocycles. The Kier molecular flexibility index (Phi) is 9.68. The van der Waals surface area contributed by atoms with E-state index in [1.54, 1.807) is 0 Å². The highest BCUT2D eigenvalue weighted by Gasteiger charge is 2.25. The molecule has 0 aromatic heterocycles. The summed E-state index contributed by atoms with van der Waals surface area (Å²) in [4.78, 5) is 17.2. The maximum absolute atomic E-state index is 12.7. The lowest BCUT2D eigenvalue weighted by atomic mass is 10.2. The fraction of sp³-hybridized carbons (Fsp3) is 0.941. The van der Waals surface area contributed by atoms with Crippen molar-refractivity contribution < 1.29 is 4.79 Å². The van der Waals surface area contributed by atoms with Crippen molar-refractivity contribution in [2.75, 3.05) is 39.3 Å². The summed E-state index contributed by atoms with van der Waals surface area (Å²) in [6.07, 6.45) is 6.84. The summed E-state index contributed by atoms with van der Waals surface area (Å²) in [5.74, 6) is 0.331. The third-order valence-electron chi connectivity index (χ3n) is 4.32.